The summed E-state index contributed by atoms with van der Waals surface area (Å²) in [5.74, 6) is -0.193. The van der Waals surface area contributed by atoms with E-state index < -0.39 is 0 Å². The highest BCUT2D eigenvalue weighted by Gasteiger charge is 2.27. The van der Waals surface area contributed by atoms with Crippen LogP contribution in [0.3, 0.4) is 0 Å². The minimum Gasteiger partial charge on any atom is -0.376 e. The fraction of sp³-hybridized carbons (Fsp3) is 0.538. The summed E-state index contributed by atoms with van der Waals surface area (Å²) in [5, 5.41) is 3.17. The molecule has 0 amide bonds. The third-order valence-corrected chi connectivity index (χ3v) is 3.83. The maximum atomic E-state index is 14.1. The molecule has 0 radical (unpaired) electrons. The lowest BCUT2D eigenvalue weighted by molar-refractivity contribution is -0.00733. The van der Waals surface area contributed by atoms with E-state index in [1.807, 2.05) is 19.2 Å². The van der Waals surface area contributed by atoms with Crippen molar-refractivity contribution < 1.29 is 9.13 Å². The van der Waals surface area contributed by atoms with Gasteiger partial charge in [-0.15, -0.1) is 0 Å². The Bertz CT molecular complexity index is 380. The monoisotopic (exact) mass is 301 g/mol. The number of nitrogens with one attached hydrogen (secondary N) is 1. The van der Waals surface area contributed by atoms with Crippen molar-refractivity contribution in [2.24, 2.45) is 0 Å². The Hall–Kier alpha value is -0.450. The number of hydrogen-bond acceptors (Lipinski definition) is 2. The fourth-order valence-electron chi connectivity index (χ4n) is 2.33. The normalized spacial score (nSPS) is 22.4. The molecule has 0 saturated carbocycles. The lowest BCUT2D eigenvalue weighted by Gasteiger charge is -2.30. The van der Waals surface area contributed by atoms with Crippen LogP contribution in [0.5, 0.6) is 0 Å². The van der Waals surface area contributed by atoms with Gasteiger partial charge in [0.1, 0.15) is 5.82 Å². The Kier molecular flexibility index (Phi) is 4.54. The number of benzene rings is 1. The Morgan fingerprint density at radius 1 is 1.47 bits per heavy atom. The maximum Gasteiger partial charge on any atom is 0.142 e. The SMILES string of the molecule is CNC(c1cccc(Br)c1F)C1CCCCO1. The van der Waals surface area contributed by atoms with E-state index in [1.165, 1.54) is 0 Å². The van der Waals surface area contributed by atoms with Crippen molar-refractivity contribution in [2.45, 2.75) is 31.4 Å². The van der Waals surface area contributed by atoms with Crippen molar-refractivity contribution >= 4 is 15.9 Å². The van der Waals surface area contributed by atoms with Gasteiger partial charge in [0.25, 0.3) is 0 Å². The van der Waals surface area contributed by atoms with Gasteiger partial charge in [0.05, 0.1) is 16.6 Å². The number of likely N-dealkylation sites (N-methyl/N-ethyl adjacent to an activating group) is 1. The zero-order valence-corrected chi connectivity index (χ0v) is 11.5. The average molecular weight is 302 g/mol. The first-order valence-corrected chi connectivity index (χ1v) is 6.76. The van der Waals surface area contributed by atoms with Crippen LogP contribution >= 0.6 is 15.9 Å². The second-order valence-corrected chi connectivity index (χ2v) is 5.17. The first-order valence-electron chi connectivity index (χ1n) is 5.97. The molecule has 1 fully saturated rings. The second-order valence-electron chi connectivity index (χ2n) is 4.31. The van der Waals surface area contributed by atoms with Gasteiger partial charge in [0, 0.05) is 12.2 Å². The second kappa shape index (κ2) is 5.94. The summed E-state index contributed by atoms with van der Waals surface area (Å²) in [5.41, 5.74) is 0.675. The van der Waals surface area contributed by atoms with E-state index in [0.29, 0.717) is 10.0 Å². The molecule has 1 aromatic carbocycles. The highest BCUT2D eigenvalue weighted by Crippen LogP contribution is 2.30. The molecule has 1 heterocycles. The highest BCUT2D eigenvalue weighted by molar-refractivity contribution is 9.10. The summed E-state index contributed by atoms with van der Waals surface area (Å²) in [6.07, 6.45) is 3.31. The quantitative estimate of drug-likeness (QED) is 0.924. The van der Waals surface area contributed by atoms with Gasteiger partial charge in [-0.1, -0.05) is 12.1 Å². The molecule has 4 heteroatoms. The number of hydrogen-bond donors (Lipinski definition) is 1. The lowest BCUT2D eigenvalue weighted by Crippen LogP contribution is -2.34. The first-order chi connectivity index (χ1) is 8.24. The van der Waals surface area contributed by atoms with Gasteiger partial charge in [0.2, 0.25) is 0 Å². The summed E-state index contributed by atoms with van der Waals surface area (Å²) in [7, 11) is 1.85. The molecular weight excluding hydrogens is 285 g/mol. The highest BCUT2D eigenvalue weighted by atomic mass is 79.9. The first kappa shape index (κ1) is 13.0. The molecule has 0 bridgehead atoms. The molecule has 1 aliphatic heterocycles. The van der Waals surface area contributed by atoms with Gasteiger partial charge in [0.15, 0.2) is 0 Å². The van der Waals surface area contributed by atoms with Gasteiger partial charge < -0.3 is 10.1 Å². The third kappa shape index (κ3) is 2.87. The molecule has 17 heavy (non-hydrogen) atoms. The third-order valence-electron chi connectivity index (χ3n) is 3.21. The van der Waals surface area contributed by atoms with Crippen LogP contribution in [-0.4, -0.2) is 19.8 Å². The van der Waals surface area contributed by atoms with Crippen LogP contribution in [0.25, 0.3) is 0 Å². The molecule has 2 unspecified atom stereocenters. The van der Waals surface area contributed by atoms with E-state index >= 15 is 0 Å². The molecule has 1 N–H and O–H groups in total. The van der Waals surface area contributed by atoms with E-state index in [4.69, 9.17) is 4.74 Å². The predicted molar refractivity (Wildman–Crippen MR) is 69.5 cm³/mol. The van der Waals surface area contributed by atoms with Crippen LogP contribution in [0.4, 0.5) is 4.39 Å². The van der Waals surface area contributed by atoms with Crippen LogP contribution < -0.4 is 5.32 Å². The predicted octanol–water partition coefficient (Wildman–Crippen LogP) is 3.42. The zero-order valence-electron chi connectivity index (χ0n) is 9.88. The topological polar surface area (TPSA) is 21.3 Å². The van der Waals surface area contributed by atoms with Gasteiger partial charge in [-0.25, -0.2) is 4.39 Å². The molecule has 0 aromatic heterocycles. The van der Waals surface area contributed by atoms with E-state index in [9.17, 15) is 4.39 Å². The molecule has 1 aliphatic rings. The summed E-state index contributed by atoms with van der Waals surface area (Å²) in [6.45, 7) is 0.776. The van der Waals surface area contributed by atoms with Gasteiger partial charge in [-0.05, 0) is 48.3 Å². The summed E-state index contributed by atoms with van der Waals surface area (Å²) >= 11 is 3.22. The summed E-state index contributed by atoms with van der Waals surface area (Å²) < 4.78 is 20.3. The number of ether oxygens (including phenoxy) is 1. The van der Waals surface area contributed by atoms with Crippen molar-refractivity contribution in [1.82, 2.24) is 5.32 Å². The van der Waals surface area contributed by atoms with Crippen LogP contribution in [0, 0.1) is 5.82 Å². The Morgan fingerprint density at radius 2 is 2.29 bits per heavy atom. The van der Waals surface area contributed by atoms with E-state index in [2.05, 4.69) is 21.2 Å². The lowest BCUT2D eigenvalue weighted by atomic mass is 9.95. The largest absolute Gasteiger partial charge is 0.376 e. The summed E-state index contributed by atoms with van der Waals surface area (Å²) in [6, 6.07) is 5.31. The van der Waals surface area contributed by atoms with E-state index in [-0.39, 0.29) is 18.0 Å². The number of halogens is 2. The van der Waals surface area contributed by atoms with Crippen LogP contribution in [0.1, 0.15) is 30.9 Å². The molecule has 0 spiro atoms. The summed E-state index contributed by atoms with van der Waals surface area (Å²) in [4.78, 5) is 0. The Balaban J connectivity index is 2.24. The van der Waals surface area contributed by atoms with Crippen LogP contribution in [0.15, 0.2) is 22.7 Å². The fourth-order valence-corrected chi connectivity index (χ4v) is 2.71. The minimum atomic E-state index is -0.193. The average Bonchev–Trinajstić information content (AvgIpc) is 2.37. The maximum absolute atomic E-state index is 14.1. The van der Waals surface area contributed by atoms with Crippen LogP contribution in [-0.2, 0) is 4.74 Å². The van der Waals surface area contributed by atoms with Crippen molar-refractivity contribution in [3.63, 3.8) is 0 Å². The van der Waals surface area contributed by atoms with Gasteiger partial charge in [-0.3, -0.25) is 0 Å². The van der Waals surface area contributed by atoms with Crippen molar-refractivity contribution in [2.75, 3.05) is 13.7 Å². The number of rotatable bonds is 3. The Labute approximate surface area is 110 Å². The smallest absolute Gasteiger partial charge is 0.142 e. The van der Waals surface area contributed by atoms with Crippen molar-refractivity contribution in [1.29, 1.82) is 0 Å². The van der Waals surface area contributed by atoms with Crippen LogP contribution in [0.2, 0.25) is 0 Å². The molecule has 2 rings (SSSR count). The van der Waals surface area contributed by atoms with E-state index in [1.54, 1.807) is 6.07 Å². The van der Waals surface area contributed by atoms with Gasteiger partial charge in [-0.2, -0.15) is 0 Å². The van der Waals surface area contributed by atoms with E-state index in [0.717, 1.165) is 25.9 Å². The molecule has 94 valence electrons. The standard InChI is InChI=1S/C13H17BrFNO/c1-16-13(11-7-2-3-8-17-11)9-5-4-6-10(14)12(9)15/h4-6,11,13,16H,2-3,7-8H2,1H3. The van der Waals surface area contributed by atoms with Crippen molar-refractivity contribution in [3.8, 4) is 0 Å². The minimum absolute atomic E-state index is 0.0672. The van der Waals surface area contributed by atoms with Gasteiger partial charge >= 0.3 is 0 Å². The molecule has 2 atom stereocenters. The molecule has 1 saturated heterocycles. The zero-order chi connectivity index (χ0) is 12.3. The van der Waals surface area contributed by atoms with Crippen molar-refractivity contribution in [3.05, 3.63) is 34.1 Å². The molecule has 1 aromatic rings. The Morgan fingerprint density at radius 3 is 2.94 bits per heavy atom. The molecule has 2 nitrogen and oxygen atoms in total. The molecule has 0 aliphatic carbocycles. The molecular formula is C13H17BrFNO.